The molecule has 6 heteroatoms. The Bertz CT molecular complexity index is 1100. The summed E-state index contributed by atoms with van der Waals surface area (Å²) in [6.07, 6.45) is 6.03. The lowest BCUT2D eigenvalue weighted by molar-refractivity contribution is 0.0997. The molecule has 1 unspecified atom stereocenters. The maximum absolute atomic E-state index is 12.5. The summed E-state index contributed by atoms with van der Waals surface area (Å²) in [5.74, 6) is -0.487. The van der Waals surface area contributed by atoms with Crippen LogP contribution in [0.1, 0.15) is 67.2 Å². The first-order chi connectivity index (χ1) is 14.2. The Morgan fingerprint density at radius 3 is 2.63 bits per heavy atom. The molecule has 1 aromatic carbocycles. The summed E-state index contributed by atoms with van der Waals surface area (Å²) < 4.78 is 12.2. The zero-order valence-electron chi connectivity index (χ0n) is 17.7. The van der Waals surface area contributed by atoms with Crippen LogP contribution in [-0.4, -0.2) is 15.9 Å². The number of benzene rings is 1. The molecule has 1 saturated carbocycles. The lowest BCUT2D eigenvalue weighted by Gasteiger charge is -2.35. The van der Waals surface area contributed by atoms with Crippen molar-refractivity contribution < 1.29 is 9.18 Å². The van der Waals surface area contributed by atoms with Crippen LogP contribution in [0.4, 0.5) is 4.39 Å². The zero-order chi connectivity index (χ0) is 21.9. The largest absolute Gasteiger partial charge is 0.364 e. The van der Waals surface area contributed by atoms with E-state index < -0.39 is 5.91 Å². The molecule has 0 spiro atoms. The molecule has 1 atom stereocenters. The van der Waals surface area contributed by atoms with Crippen LogP contribution >= 0.6 is 0 Å². The molecule has 0 radical (unpaired) electrons. The third kappa shape index (κ3) is 5.12. The number of pyridine rings is 2. The fourth-order valence-electron chi connectivity index (χ4n) is 4.20. The van der Waals surface area contributed by atoms with E-state index in [1.165, 1.54) is 31.2 Å². The number of aryl methyl sites for hydroxylation is 1. The number of nitrogens with zero attached hydrogens (tertiary/aromatic N) is 1. The van der Waals surface area contributed by atoms with Gasteiger partial charge in [0.25, 0.3) is 5.91 Å². The Balaban J connectivity index is 0.000000269. The second-order valence-electron chi connectivity index (χ2n) is 8.79. The van der Waals surface area contributed by atoms with Crippen molar-refractivity contribution in [2.45, 2.75) is 52.4 Å². The quantitative estimate of drug-likeness (QED) is 0.635. The number of amides is 1. The van der Waals surface area contributed by atoms with Gasteiger partial charge < -0.3 is 10.7 Å². The number of fused-ring (bicyclic) bond motifs is 1. The first kappa shape index (κ1) is 21.7. The number of aromatic nitrogens is 2. The minimum absolute atomic E-state index is 0.0364. The molecule has 2 aromatic heterocycles. The van der Waals surface area contributed by atoms with Gasteiger partial charge in [-0.15, -0.1) is 0 Å². The van der Waals surface area contributed by atoms with E-state index in [2.05, 4.69) is 23.8 Å². The van der Waals surface area contributed by atoms with Crippen LogP contribution in [0.25, 0.3) is 10.9 Å². The number of nitrogens with one attached hydrogen (secondary N) is 1. The highest BCUT2D eigenvalue weighted by molar-refractivity contribution is 6.03. The SMILES string of the molecule is CC1(C)CCCC(c2cc(=O)c3c(C(N)=O)nccc3[nH]2)C1.Cc1cccc(F)c1. The van der Waals surface area contributed by atoms with Crippen molar-refractivity contribution in [1.29, 1.82) is 0 Å². The van der Waals surface area contributed by atoms with Gasteiger partial charge in [0, 0.05) is 18.0 Å². The summed E-state index contributed by atoms with van der Waals surface area (Å²) in [6.45, 7) is 6.41. The number of hydrogen-bond acceptors (Lipinski definition) is 3. The minimum Gasteiger partial charge on any atom is -0.364 e. The maximum Gasteiger partial charge on any atom is 0.268 e. The van der Waals surface area contributed by atoms with Crippen molar-refractivity contribution in [1.82, 2.24) is 9.97 Å². The molecule has 5 nitrogen and oxygen atoms in total. The van der Waals surface area contributed by atoms with Crippen LogP contribution in [0.5, 0.6) is 0 Å². The second kappa shape index (κ2) is 8.78. The third-order valence-electron chi connectivity index (χ3n) is 5.62. The third-order valence-corrected chi connectivity index (χ3v) is 5.62. The number of halogens is 1. The summed E-state index contributed by atoms with van der Waals surface area (Å²) >= 11 is 0. The fourth-order valence-corrected chi connectivity index (χ4v) is 4.20. The van der Waals surface area contributed by atoms with Gasteiger partial charge in [-0.05, 0) is 61.3 Å². The molecule has 1 aliphatic carbocycles. The minimum atomic E-state index is -0.678. The first-order valence-electron chi connectivity index (χ1n) is 10.2. The van der Waals surface area contributed by atoms with Crippen molar-refractivity contribution in [3.05, 3.63) is 75.6 Å². The maximum atomic E-state index is 12.5. The number of H-pyrrole nitrogens is 1. The van der Waals surface area contributed by atoms with Crippen LogP contribution in [0.15, 0.2) is 47.4 Å². The van der Waals surface area contributed by atoms with Gasteiger partial charge in [-0.25, -0.2) is 4.39 Å². The molecule has 1 fully saturated rings. The van der Waals surface area contributed by atoms with Crippen molar-refractivity contribution >= 4 is 16.8 Å². The molecule has 1 amide bonds. The van der Waals surface area contributed by atoms with Crippen molar-refractivity contribution in [3.63, 3.8) is 0 Å². The first-order valence-corrected chi connectivity index (χ1v) is 10.2. The van der Waals surface area contributed by atoms with Gasteiger partial charge in [0.1, 0.15) is 11.5 Å². The molecular formula is C24H28FN3O2. The van der Waals surface area contributed by atoms with Crippen LogP contribution in [0.3, 0.4) is 0 Å². The zero-order valence-corrected chi connectivity index (χ0v) is 17.7. The van der Waals surface area contributed by atoms with E-state index in [9.17, 15) is 14.0 Å². The average Bonchev–Trinajstić information content (AvgIpc) is 2.67. The fraction of sp³-hybridized carbons (Fsp3) is 0.375. The molecular weight excluding hydrogens is 381 g/mol. The van der Waals surface area contributed by atoms with Gasteiger partial charge in [0.2, 0.25) is 0 Å². The molecule has 158 valence electrons. The molecule has 30 heavy (non-hydrogen) atoms. The number of nitrogens with two attached hydrogens (primary N) is 1. The highest BCUT2D eigenvalue weighted by Crippen LogP contribution is 2.42. The van der Waals surface area contributed by atoms with Gasteiger partial charge >= 0.3 is 0 Å². The van der Waals surface area contributed by atoms with Gasteiger partial charge in [0.05, 0.1) is 10.9 Å². The summed E-state index contributed by atoms with van der Waals surface area (Å²) in [7, 11) is 0. The van der Waals surface area contributed by atoms with E-state index in [1.807, 2.05) is 13.0 Å². The molecule has 0 saturated heterocycles. The Kier molecular flexibility index (Phi) is 6.34. The second-order valence-corrected chi connectivity index (χ2v) is 8.79. The molecule has 3 N–H and O–H groups in total. The summed E-state index contributed by atoms with van der Waals surface area (Å²) in [6, 6.07) is 9.84. The number of aromatic amines is 1. The standard InChI is InChI=1S/C17H21N3O2.C7H7F/c1-17(2)6-3-4-10(9-17)12-8-13(21)14-11(20-12)5-7-19-15(14)16(18)22;1-6-3-2-4-7(8)5-6/h5,7-8,10H,3-4,6,9H2,1-2H3,(H2,18,22)(H,20,21);2-5H,1H3. The Labute approximate surface area is 175 Å². The lowest BCUT2D eigenvalue weighted by atomic mass is 9.71. The molecule has 4 rings (SSSR count). The highest BCUT2D eigenvalue weighted by Gasteiger charge is 2.29. The summed E-state index contributed by atoms with van der Waals surface area (Å²) in [5, 5.41) is 0.286. The molecule has 2 heterocycles. The number of primary amides is 1. The summed E-state index contributed by atoms with van der Waals surface area (Å²) in [4.78, 5) is 31.2. The molecule has 3 aromatic rings. The predicted molar refractivity (Wildman–Crippen MR) is 117 cm³/mol. The highest BCUT2D eigenvalue weighted by atomic mass is 19.1. The van der Waals surface area contributed by atoms with E-state index in [4.69, 9.17) is 5.73 Å². The van der Waals surface area contributed by atoms with Crippen molar-refractivity contribution in [3.8, 4) is 0 Å². The van der Waals surface area contributed by atoms with Gasteiger partial charge in [0.15, 0.2) is 5.43 Å². The number of carbonyl (C=O) groups excluding carboxylic acids is 1. The van der Waals surface area contributed by atoms with Gasteiger partial charge in [-0.2, -0.15) is 0 Å². The lowest BCUT2D eigenvalue weighted by Crippen LogP contribution is -2.23. The normalized spacial score (nSPS) is 17.8. The van der Waals surface area contributed by atoms with Gasteiger partial charge in [-0.1, -0.05) is 32.4 Å². The summed E-state index contributed by atoms with van der Waals surface area (Å²) in [5.41, 5.74) is 8.01. The average molecular weight is 410 g/mol. The Morgan fingerprint density at radius 2 is 2.03 bits per heavy atom. The van der Waals surface area contributed by atoms with Crippen LogP contribution in [0.2, 0.25) is 0 Å². The molecule has 0 aliphatic heterocycles. The van der Waals surface area contributed by atoms with E-state index in [-0.39, 0.29) is 22.3 Å². The number of rotatable bonds is 2. The van der Waals surface area contributed by atoms with Crippen LogP contribution in [-0.2, 0) is 0 Å². The Morgan fingerprint density at radius 1 is 1.27 bits per heavy atom. The topological polar surface area (TPSA) is 88.8 Å². The van der Waals surface area contributed by atoms with E-state index in [1.54, 1.807) is 18.2 Å². The molecule has 0 bridgehead atoms. The van der Waals surface area contributed by atoms with Crippen molar-refractivity contribution in [2.75, 3.05) is 0 Å². The smallest absolute Gasteiger partial charge is 0.268 e. The Hall–Kier alpha value is -3.02. The van der Waals surface area contributed by atoms with E-state index >= 15 is 0 Å². The van der Waals surface area contributed by atoms with Crippen LogP contribution in [0, 0.1) is 18.2 Å². The number of hydrogen-bond donors (Lipinski definition) is 2. The van der Waals surface area contributed by atoms with Gasteiger partial charge in [-0.3, -0.25) is 14.6 Å². The van der Waals surface area contributed by atoms with Crippen LogP contribution < -0.4 is 11.2 Å². The van der Waals surface area contributed by atoms with E-state index in [0.717, 1.165) is 24.1 Å². The predicted octanol–water partition coefficient (Wildman–Crippen LogP) is 4.84. The molecule has 1 aliphatic rings. The van der Waals surface area contributed by atoms with E-state index in [0.29, 0.717) is 16.8 Å². The number of carbonyl (C=O) groups is 1. The van der Waals surface area contributed by atoms with Crippen molar-refractivity contribution in [2.24, 2.45) is 11.1 Å². The monoisotopic (exact) mass is 409 g/mol.